The first-order valence-corrected chi connectivity index (χ1v) is 9.16. The van der Waals surface area contributed by atoms with Crippen LogP contribution in [0.2, 0.25) is 0 Å². The zero-order chi connectivity index (χ0) is 15.5. The Kier molecular flexibility index (Phi) is 5.27. The molecule has 1 aliphatic carbocycles. The van der Waals surface area contributed by atoms with Crippen LogP contribution in [0.3, 0.4) is 0 Å². The van der Waals surface area contributed by atoms with Crippen molar-refractivity contribution in [3.8, 4) is 0 Å². The van der Waals surface area contributed by atoms with E-state index < -0.39 is 10.0 Å². The van der Waals surface area contributed by atoms with Crippen LogP contribution in [0.5, 0.6) is 0 Å². The van der Waals surface area contributed by atoms with Gasteiger partial charge in [0.1, 0.15) is 0 Å². The fourth-order valence-electron chi connectivity index (χ4n) is 2.96. The maximum Gasteiger partial charge on any atom is 0.242 e. The van der Waals surface area contributed by atoms with Gasteiger partial charge in [0.2, 0.25) is 10.0 Å². The maximum absolute atomic E-state index is 12.0. The van der Waals surface area contributed by atoms with Crippen LogP contribution in [0.4, 0.5) is 5.69 Å². The smallest absolute Gasteiger partial charge is 0.242 e. The second kappa shape index (κ2) is 6.79. The lowest BCUT2D eigenvalue weighted by Crippen LogP contribution is -2.27. The van der Waals surface area contributed by atoms with E-state index in [4.69, 9.17) is 0 Å². The molecule has 0 heterocycles. The van der Waals surface area contributed by atoms with Crippen molar-refractivity contribution in [2.24, 2.45) is 5.92 Å². The lowest BCUT2D eigenvalue weighted by molar-refractivity contribution is 0.327. The van der Waals surface area contributed by atoms with Gasteiger partial charge < -0.3 is 5.32 Å². The van der Waals surface area contributed by atoms with Crippen molar-refractivity contribution in [2.75, 3.05) is 19.4 Å². The number of hydrogen-bond donors (Lipinski definition) is 1. The van der Waals surface area contributed by atoms with Crippen LogP contribution >= 0.6 is 0 Å². The van der Waals surface area contributed by atoms with Crippen molar-refractivity contribution in [1.82, 2.24) is 4.31 Å². The summed E-state index contributed by atoms with van der Waals surface area (Å²) < 4.78 is 25.3. The maximum atomic E-state index is 12.0. The van der Waals surface area contributed by atoms with Crippen LogP contribution in [0.15, 0.2) is 29.2 Å². The number of anilines is 1. The van der Waals surface area contributed by atoms with E-state index in [1.807, 2.05) is 12.1 Å². The van der Waals surface area contributed by atoms with Crippen LogP contribution in [0.25, 0.3) is 0 Å². The van der Waals surface area contributed by atoms with Crippen LogP contribution in [0, 0.1) is 5.92 Å². The first-order valence-electron chi connectivity index (χ1n) is 7.72. The van der Waals surface area contributed by atoms with E-state index >= 15 is 0 Å². The van der Waals surface area contributed by atoms with E-state index in [1.54, 1.807) is 26.2 Å². The Morgan fingerprint density at radius 2 is 1.86 bits per heavy atom. The van der Waals surface area contributed by atoms with Gasteiger partial charge in [-0.25, -0.2) is 12.7 Å². The fourth-order valence-corrected chi connectivity index (χ4v) is 3.86. The molecule has 4 nitrogen and oxygen atoms in total. The number of nitrogens with zero attached hydrogens (tertiary/aromatic N) is 1. The highest BCUT2D eigenvalue weighted by molar-refractivity contribution is 7.89. The predicted molar refractivity (Wildman–Crippen MR) is 87.0 cm³/mol. The molecule has 0 bridgehead atoms. The molecule has 1 N–H and O–H groups in total. The van der Waals surface area contributed by atoms with Crippen molar-refractivity contribution >= 4 is 15.7 Å². The highest BCUT2D eigenvalue weighted by Gasteiger charge is 2.21. The Labute approximate surface area is 128 Å². The largest absolute Gasteiger partial charge is 0.382 e. The van der Waals surface area contributed by atoms with Crippen molar-refractivity contribution in [1.29, 1.82) is 0 Å². The van der Waals surface area contributed by atoms with Gasteiger partial charge in [-0.2, -0.15) is 0 Å². The highest BCUT2D eigenvalue weighted by Crippen LogP contribution is 2.29. The Hall–Kier alpha value is -1.07. The SMILES string of the molecule is CCC1CCCC(Nc2ccc(S(=O)(=O)N(C)C)cc2)C1. The minimum atomic E-state index is -3.33. The standard InChI is InChI=1S/C16H26N2O2S/c1-4-13-6-5-7-15(12-13)17-14-8-10-16(11-9-14)21(19,20)18(2)3/h8-11,13,15,17H,4-7,12H2,1-3H3. The van der Waals surface area contributed by atoms with Crippen LogP contribution in [0.1, 0.15) is 39.0 Å². The summed E-state index contributed by atoms with van der Waals surface area (Å²) in [6.07, 6.45) is 6.29. The molecule has 2 rings (SSSR count). The number of hydrogen-bond acceptors (Lipinski definition) is 3. The number of rotatable bonds is 5. The van der Waals surface area contributed by atoms with E-state index in [0.29, 0.717) is 10.9 Å². The van der Waals surface area contributed by atoms with E-state index in [1.165, 1.54) is 36.4 Å². The van der Waals surface area contributed by atoms with Crippen molar-refractivity contribution in [2.45, 2.75) is 50.0 Å². The predicted octanol–water partition coefficient (Wildman–Crippen LogP) is 3.32. The van der Waals surface area contributed by atoms with Gasteiger partial charge in [-0.1, -0.05) is 26.2 Å². The van der Waals surface area contributed by atoms with E-state index in [0.717, 1.165) is 11.6 Å². The molecule has 0 saturated heterocycles. The fraction of sp³-hybridized carbons (Fsp3) is 0.625. The van der Waals surface area contributed by atoms with Crippen molar-refractivity contribution in [3.05, 3.63) is 24.3 Å². The number of nitrogens with one attached hydrogen (secondary N) is 1. The zero-order valence-corrected chi connectivity index (χ0v) is 14.0. The second-order valence-corrected chi connectivity index (χ2v) is 8.25. The summed E-state index contributed by atoms with van der Waals surface area (Å²) in [6.45, 7) is 2.26. The minimum Gasteiger partial charge on any atom is -0.382 e. The third kappa shape index (κ3) is 3.98. The molecule has 1 fully saturated rings. The third-order valence-electron chi connectivity index (χ3n) is 4.36. The van der Waals surface area contributed by atoms with Gasteiger partial charge in [0, 0.05) is 25.8 Å². The molecule has 0 aliphatic heterocycles. The van der Waals surface area contributed by atoms with Gasteiger partial charge in [0.25, 0.3) is 0 Å². The number of sulfonamides is 1. The van der Waals surface area contributed by atoms with Gasteiger partial charge in [0.05, 0.1) is 4.90 Å². The molecule has 118 valence electrons. The normalized spacial score (nSPS) is 23.2. The van der Waals surface area contributed by atoms with Crippen molar-refractivity contribution in [3.63, 3.8) is 0 Å². The van der Waals surface area contributed by atoms with E-state index in [9.17, 15) is 8.42 Å². The Balaban J connectivity index is 2.03. The van der Waals surface area contributed by atoms with Gasteiger partial charge >= 0.3 is 0 Å². The van der Waals surface area contributed by atoms with Gasteiger partial charge in [0.15, 0.2) is 0 Å². The van der Waals surface area contributed by atoms with Crippen LogP contribution in [-0.2, 0) is 10.0 Å². The first kappa shape index (κ1) is 16.3. The molecule has 0 spiro atoms. The average Bonchev–Trinajstić information content (AvgIpc) is 2.48. The van der Waals surface area contributed by atoms with Gasteiger partial charge in [-0.05, 0) is 43.0 Å². The summed E-state index contributed by atoms with van der Waals surface area (Å²) in [5.41, 5.74) is 1.01. The molecule has 1 saturated carbocycles. The molecule has 5 heteroatoms. The first-order chi connectivity index (χ1) is 9.93. The quantitative estimate of drug-likeness (QED) is 0.907. The lowest BCUT2D eigenvalue weighted by atomic mass is 9.84. The second-order valence-electron chi connectivity index (χ2n) is 6.09. The monoisotopic (exact) mass is 310 g/mol. The van der Waals surface area contributed by atoms with E-state index in [-0.39, 0.29) is 0 Å². The molecule has 0 aromatic heterocycles. The highest BCUT2D eigenvalue weighted by atomic mass is 32.2. The van der Waals surface area contributed by atoms with Gasteiger partial charge in [-0.15, -0.1) is 0 Å². The molecular weight excluding hydrogens is 284 g/mol. The summed E-state index contributed by atoms with van der Waals surface area (Å²) in [5.74, 6) is 0.824. The van der Waals surface area contributed by atoms with Crippen LogP contribution in [-0.4, -0.2) is 32.9 Å². The minimum absolute atomic E-state index is 0.341. The Morgan fingerprint density at radius 3 is 2.43 bits per heavy atom. The topological polar surface area (TPSA) is 49.4 Å². The molecule has 0 amide bonds. The summed E-state index contributed by atoms with van der Waals surface area (Å²) in [4.78, 5) is 0.341. The molecule has 2 unspecified atom stereocenters. The summed E-state index contributed by atoms with van der Waals surface area (Å²) in [6, 6.07) is 7.60. The number of benzene rings is 1. The average molecular weight is 310 g/mol. The summed E-state index contributed by atoms with van der Waals surface area (Å²) in [5, 5.41) is 3.54. The molecule has 2 atom stereocenters. The molecular formula is C16H26N2O2S. The van der Waals surface area contributed by atoms with Crippen LogP contribution < -0.4 is 5.32 Å². The van der Waals surface area contributed by atoms with Gasteiger partial charge in [-0.3, -0.25) is 0 Å². The Bertz CT molecular complexity index is 552. The lowest BCUT2D eigenvalue weighted by Gasteiger charge is -2.29. The van der Waals surface area contributed by atoms with E-state index in [2.05, 4.69) is 12.2 Å². The summed E-state index contributed by atoms with van der Waals surface area (Å²) >= 11 is 0. The third-order valence-corrected chi connectivity index (χ3v) is 6.19. The zero-order valence-electron chi connectivity index (χ0n) is 13.2. The molecule has 1 aliphatic rings. The Morgan fingerprint density at radius 1 is 1.19 bits per heavy atom. The summed E-state index contributed by atoms with van der Waals surface area (Å²) in [7, 11) is -0.234. The van der Waals surface area contributed by atoms with Crippen molar-refractivity contribution < 1.29 is 8.42 Å². The molecule has 21 heavy (non-hydrogen) atoms. The molecule has 1 aromatic carbocycles. The molecule has 1 aromatic rings. The molecule has 0 radical (unpaired) electrons.